The van der Waals surface area contributed by atoms with E-state index in [0.29, 0.717) is 0 Å². The van der Waals surface area contributed by atoms with Crippen molar-refractivity contribution in [2.24, 2.45) is 0 Å². The van der Waals surface area contributed by atoms with Crippen LogP contribution in [0.15, 0.2) is 303 Å². The van der Waals surface area contributed by atoms with Crippen molar-refractivity contribution in [2.45, 2.75) is 0 Å². The Labute approximate surface area is 483 Å². The third kappa shape index (κ3) is 7.01. The van der Waals surface area contributed by atoms with E-state index in [1.807, 2.05) is 0 Å². The van der Waals surface area contributed by atoms with Crippen LogP contribution in [-0.4, -0.2) is 18.3 Å². The highest BCUT2D eigenvalue weighted by atomic mass is 15.0. The van der Waals surface area contributed by atoms with Gasteiger partial charge in [0.2, 0.25) is 0 Å². The van der Waals surface area contributed by atoms with Crippen LogP contribution in [0.4, 0.5) is 0 Å². The molecule has 4 heterocycles. The number of hydrogen-bond donors (Lipinski definition) is 0. The Balaban J connectivity index is 0.784. The van der Waals surface area contributed by atoms with E-state index in [-0.39, 0.29) is 0 Å². The lowest BCUT2D eigenvalue weighted by molar-refractivity contribution is 1.12. The normalized spacial score (nSPS) is 12.0. The van der Waals surface area contributed by atoms with Crippen molar-refractivity contribution in [1.82, 2.24) is 18.3 Å². The number of rotatable bonds is 7. The van der Waals surface area contributed by atoms with Gasteiger partial charge in [0.25, 0.3) is 0 Å². The maximum absolute atomic E-state index is 2.47. The maximum atomic E-state index is 2.47. The van der Waals surface area contributed by atoms with Crippen LogP contribution in [0.3, 0.4) is 0 Å². The molecule has 0 bridgehead atoms. The Morgan fingerprint density at radius 3 is 1.40 bits per heavy atom. The van der Waals surface area contributed by atoms with Gasteiger partial charge in [0.1, 0.15) is 0 Å². The number of hydrogen-bond acceptors (Lipinski definition) is 0. The third-order valence-corrected chi connectivity index (χ3v) is 17.9. The second-order valence-corrected chi connectivity index (χ2v) is 22.5. The Hall–Kier alpha value is -11.2. The number of fused-ring (bicyclic) bond motifs is 14. The zero-order chi connectivity index (χ0) is 55.0. The molecule has 0 radical (unpaired) electrons. The molecule has 0 N–H and O–H groups in total. The zero-order valence-electron chi connectivity index (χ0n) is 45.7. The lowest BCUT2D eigenvalue weighted by atomic mass is 9.92. The third-order valence-electron chi connectivity index (χ3n) is 17.9. The van der Waals surface area contributed by atoms with Crippen molar-refractivity contribution in [2.75, 3.05) is 0 Å². The summed E-state index contributed by atoms with van der Waals surface area (Å²) in [5.74, 6) is 0. The summed E-state index contributed by atoms with van der Waals surface area (Å²) in [6, 6.07) is 110. The van der Waals surface area contributed by atoms with Gasteiger partial charge in [-0.1, -0.05) is 182 Å². The molecule has 0 amide bonds. The summed E-state index contributed by atoms with van der Waals surface area (Å²) in [6.45, 7) is 0. The van der Waals surface area contributed by atoms with E-state index in [4.69, 9.17) is 0 Å². The molecule has 0 fully saturated rings. The monoisotopic (exact) mass is 1070 g/mol. The van der Waals surface area contributed by atoms with E-state index in [1.54, 1.807) is 0 Å². The molecule has 84 heavy (non-hydrogen) atoms. The van der Waals surface area contributed by atoms with Crippen LogP contribution in [0, 0.1) is 0 Å². The molecular formula is C80H50N4. The average Bonchev–Trinajstić information content (AvgIpc) is 4.34. The molecule has 18 aromatic rings. The molecule has 18 rings (SSSR count). The highest BCUT2D eigenvalue weighted by Gasteiger charge is 2.21. The molecule has 390 valence electrons. The minimum Gasteiger partial charge on any atom is -0.316 e. The average molecular weight is 1070 g/mol. The van der Waals surface area contributed by atoms with Gasteiger partial charge < -0.3 is 18.3 Å². The smallest absolute Gasteiger partial charge is 0.0562 e. The lowest BCUT2D eigenvalue weighted by Gasteiger charge is -2.15. The van der Waals surface area contributed by atoms with E-state index < -0.39 is 0 Å². The van der Waals surface area contributed by atoms with Crippen LogP contribution < -0.4 is 0 Å². The summed E-state index contributed by atoms with van der Waals surface area (Å²) in [4.78, 5) is 0. The standard InChI is InChI=1S/C80H50N4/c1-3-20-58(21-4-1)81-41-40-55-45-72-68-30-13-15-32-74(68)82(79(72)49-76(55)81)60-37-34-51(35-38-60)70-46-56-42-54(36-39-63(56)65-27-10-11-28-66(65)70)77-48-57-47-73-69-31-14-16-33-75(69)84(80(73)50-78(57)83(77)59-22-5-2-6-23-59)61-24-17-19-52(43-61)71-44-53-18-7-8-25-62(53)64-26-9-12-29-67(64)71/h1-50H. The summed E-state index contributed by atoms with van der Waals surface area (Å²) in [7, 11) is 0. The van der Waals surface area contributed by atoms with Crippen LogP contribution in [0.1, 0.15) is 0 Å². The van der Waals surface area contributed by atoms with Crippen molar-refractivity contribution in [1.29, 1.82) is 0 Å². The predicted molar refractivity (Wildman–Crippen MR) is 355 cm³/mol. The molecule has 0 aliphatic rings. The SMILES string of the molecule is c1ccc(-n2ccc3cc4c5ccccc5n(-c5ccc(-c6cc7cc(-c8cc9cc%10c%11ccccc%11n(-c%11cccc(-c%12cc%13ccccc%13c%13ccccc%12%13)c%11)c%10cc9n8-c8ccccc8)ccc7c7ccccc67)cc5)c4cc32)cc1. The fraction of sp³-hybridized carbons (Fsp3) is 0. The Morgan fingerprint density at radius 2 is 0.702 bits per heavy atom. The molecule has 14 aromatic carbocycles. The minimum atomic E-state index is 1.12. The van der Waals surface area contributed by atoms with Crippen LogP contribution in [0.5, 0.6) is 0 Å². The second-order valence-electron chi connectivity index (χ2n) is 22.5. The van der Waals surface area contributed by atoms with Crippen LogP contribution in [0.2, 0.25) is 0 Å². The van der Waals surface area contributed by atoms with Crippen LogP contribution in [0.25, 0.3) is 165 Å². The molecule has 0 unspecified atom stereocenters. The van der Waals surface area contributed by atoms with E-state index in [2.05, 4.69) is 322 Å². The van der Waals surface area contributed by atoms with Gasteiger partial charge in [-0.2, -0.15) is 0 Å². The molecule has 0 aliphatic carbocycles. The summed E-state index contributed by atoms with van der Waals surface area (Å²) in [6.07, 6.45) is 2.19. The molecule has 0 saturated heterocycles. The summed E-state index contributed by atoms with van der Waals surface area (Å²) < 4.78 is 9.67. The Morgan fingerprint density at radius 1 is 0.190 bits per heavy atom. The molecule has 4 aromatic heterocycles. The Bertz CT molecular complexity index is 5720. The molecular weight excluding hydrogens is 1020 g/mol. The quantitative estimate of drug-likeness (QED) is 0.142. The topological polar surface area (TPSA) is 19.7 Å². The number of para-hydroxylation sites is 4. The van der Waals surface area contributed by atoms with Gasteiger partial charge in [-0.05, 0) is 186 Å². The van der Waals surface area contributed by atoms with Gasteiger partial charge in [0.15, 0.2) is 0 Å². The van der Waals surface area contributed by atoms with E-state index in [1.165, 1.54) is 125 Å². The van der Waals surface area contributed by atoms with E-state index in [9.17, 15) is 0 Å². The van der Waals surface area contributed by atoms with E-state index >= 15 is 0 Å². The van der Waals surface area contributed by atoms with Gasteiger partial charge in [0.05, 0.1) is 38.8 Å². The predicted octanol–water partition coefficient (Wildman–Crippen LogP) is 21.4. The number of benzene rings is 14. The maximum Gasteiger partial charge on any atom is 0.0562 e. The van der Waals surface area contributed by atoms with Crippen molar-refractivity contribution < 1.29 is 0 Å². The van der Waals surface area contributed by atoms with Crippen LogP contribution in [-0.2, 0) is 0 Å². The summed E-state index contributed by atoms with van der Waals surface area (Å²) in [5.41, 5.74) is 18.7. The highest BCUT2D eigenvalue weighted by Crippen LogP contribution is 2.44. The summed E-state index contributed by atoms with van der Waals surface area (Å²) >= 11 is 0. The van der Waals surface area contributed by atoms with Crippen LogP contribution >= 0.6 is 0 Å². The van der Waals surface area contributed by atoms with Gasteiger partial charge in [-0.15, -0.1) is 0 Å². The van der Waals surface area contributed by atoms with Crippen molar-refractivity contribution >= 4 is 109 Å². The van der Waals surface area contributed by atoms with Crippen molar-refractivity contribution in [3.05, 3.63) is 303 Å². The number of nitrogens with zero attached hydrogens (tertiary/aromatic N) is 4. The molecule has 0 saturated carbocycles. The van der Waals surface area contributed by atoms with Gasteiger partial charge in [-0.3, -0.25) is 0 Å². The molecule has 0 atom stereocenters. The second kappa shape index (κ2) is 18.2. The van der Waals surface area contributed by atoms with Gasteiger partial charge in [0, 0.05) is 61.3 Å². The molecule has 4 heteroatoms. The van der Waals surface area contributed by atoms with Crippen molar-refractivity contribution in [3.63, 3.8) is 0 Å². The largest absolute Gasteiger partial charge is 0.316 e. The fourth-order valence-electron chi connectivity index (χ4n) is 14.1. The minimum absolute atomic E-state index is 1.12. The molecule has 4 nitrogen and oxygen atoms in total. The molecule has 0 aliphatic heterocycles. The highest BCUT2D eigenvalue weighted by molar-refractivity contribution is 6.18. The van der Waals surface area contributed by atoms with Gasteiger partial charge >= 0.3 is 0 Å². The zero-order valence-corrected chi connectivity index (χ0v) is 45.7. The fourth-order valence-corrected chi connectivity index (χ4v) is 14.1. The first-order valence-corrected chi connectivity index (χ1v) is 29.0. The van der Waals surface area contributed by atoms with Gasteiger partial charge in [-0.25, -0.2) is 0 Å². The first-order valence-electron chi connectivity index (χ1n) is 29.0. The lowest BCUT2D eigenvalue weighted by Crippen LogP contribution is -1.98. The first-order chi connectivity index (χ1) is 41.6. The van der Waals surface area contributed by atoms with Crippen molar-refractivity contribution in [3.8, 4) is 56.3 Å². The van der Waals surface area contributed by atoms with E-state index in [0.717, 1.165) is 39.5 Å². The summed E-state index contributed by atoms with van der Waals surface area (Å²) in [5, 5.41) is 17.3. The number of aromatic nitrogens is 4. The Kier molecular flexibility index (Phi) is 10.1. The first kappa shape index (κ1) is 46.5. The molecule has 0 spiro atoms.